The van der Waals surface area contributed by atoms with Crippen molar-refractivity contribution in [1.82, 2.24) is 14.8 Å². The second kappa shape index (κ2) is 5.50. The smallest absolute Gasteiger partial charge is 0.0750 e. The normalized spacial score (nSPS) is 13.0. The number of pyridine rings is 1. The van der Waals surface area contributed by atoms with E-state index in [4.69, 9.17) is 5.73 Å². The van der Waals surface area contributed by atoms with Crippen molar-refractivity contribution in [2.45, 2.75) is 25.9 Å². The summed E-state index contributed by atoms with van der Waals surface area (Å²) in [5.74, 6) is 0. The summed E-state index contributed by atoms with van der Waals surface area (Å²) in [6.45, 7) is 4.16. The fraction of sp³-hybridized carbons (Fsp3) is 0.333. The van der Waals surface area contributed by atoms with Crippen LogP contribution in [-0.4, -0.2) is 14.8 Å². The largest absolute Gasteiger partial charge is 0.319 e. The Morgan fingerprint density at radius 3 is 2.56 bits per heavy atom. The first-order chi connectivity index (χ1) is 8.50. The van der Waals surface area contributed by atoms with Crippen molar-refractivity contribution in [3.05, 3.63) is 44.9 Å². The Kier molecular flexibility index (Phi) is 4.19. The molecule has 0 bridgehead atoms. The van der Waals surface area contributed by atoms with Gasteiger partial charge in [-0.25, -0.2) is 0 Å². The van der Waals surface area contributed by atoms with Gasteiger partial charge < -0.3 is 5.73 Å². The third-order valence-corrected chi connectivity index (χ3v) is 3.70. The molecule has 2 rings (SSSR count). The number of hydrogen-bond donors (Lipinski definition) is 1. The lowest BCUT2D eigenvalue weighted by Crippen LogP contribution is -2.19. The molecule has 2 aromatic heterocycles. The van der Waals surface area contributed by atoms with Crippen LogP contribution in [-0.2, 0) is 0 Å². The summed E-state index contributed by atoms with van der Waals surface area (Å²) in [5, 5.41) is 4.34. The predicted molar refractivity (Wildman–Crippen MR) is 78.3 cm³/mol. The molecule has 0 aliphatic heterocycles. The highest BCUT2D eigenvalue weighted by Crippen LogP contribution is 2.29. The summed E-state index contributed by atoms with van der Waals surface area (Å²) in [6, 6.07) is 1.98. The first-order valence-corrected chi connectivity index (χ1v) is 7.18. The van der Waals surface area contributed by atoms with Gasteiger partial charge in [-0.05, 0) is 57.3 Å². The summed E-state index contributed by atoms with van der Waals surface area (Å²) in [5.41, 5.74) is 8.23. The molecule has 4 nitrogen and oxygen atoms in total. The summed E-state index contributed by atoms with van der Waals surface area (Å²) >= 11 is 6.91. The van der Waals surface area contributed by atoms with E-state index in [0.717, 1.165) is 20.2 Å². The molecule has 1 atom stereocenters. The monoisotopic (exact) mass is 372 g/mol. The maximum Gasteiger partial charge on any atom is 0.0750 e. The van der Waals surface area contributed by atoms with Gasteiger partial charge in [0.1, 0.15) is 0 Å². The van der Waals surface area contributed by atoms with E-state index in [0.29, 0.717) is 0 Å². The average Bonchev–Trinajstić information content (AvgIpc) is 2.70. The molecule has 96 valence electrons. The van der Waals surface area contributed by atoms with E-state index in [-0.39, 0.29) is 12.1 Å². The second-order valence-corrected chi connectivity index (χ2v) is 6.10. The lowest BCUT2D eigenvalue weighted by atomic mass is 10.1. The van der Waals surface area contributed by atoms with Crippen LogP contribution >= 0.6 is 31.9 Å². The molecule has 0 aromatic carbocycles. The number of aromatic nitrogens is 3. The van der Waals surface area contributed by atoms with Crippen LogP contribution in [0, 0.1) is 0 Å². The van der Waals surface area contributed by atoms with Crippen molar-refractivity contribution in [2.24, 2.45) is 5.73 Å². The van der Waals surface area contributed by atoms with Crippen LogP contribution in [0.25, 0.3) is 0 Å². The molecule has 0 saturated carbocycles. The van der Waals surface area contributed by atoms with Crippen LogP contribution in [0.3, 0.4) is 0 Å². The number of hydrogen-bond acceptors (Lipinski definition) is 3. The number of nitrogens with zero attached hydrogens (tertiary/aromatic N) is 3. The zero-order valence-electron chi connectivity index (χ0n) is 10.1. The van der Waals surface area contributed by atoms with Crippen molar-refractivity contribution in [3.63, 3.8) is 0 Å². The van der Waals surface area contributed by atoms with E-state index in [1.165, 1.54) is 0 Å². The topological polar surface area (TPSA) is 56.7 Å². The molecule has 0 aliphatic carbocycles. The minimum atomic E-state index is -0.255. The lowest BCUT2D eigenvalue weighted by molar-refractivity contribution is 0.498. The summed E-state index contributed by atoms with van der Waals surface area (Å²) < 4.78 is 3.77. The van der Waals surface area contributed by atoms with Crippen molar-refractivity contribution in [1.29, 1.82) is 0 Å². The Hall–Kier alpha value is -0.720. The highest BCUT2D eigenvalue weighted by Gasteiger charge is 2.20. The van der Waals surface area contributed by atoms with E-state index >= 15 is 0 Å². The maximum atomic E-state index is 6.32. The van der Waals surface area contributed by atoms with Gasteiger partial charge in [-0.3, -0.25) is 9.67 Å². The zero-order valence-corrected chi connectivity index (χ0v) is 13.3. The van der Waals surface area contributed by atoms with Crippen LogP contribution in [0.4, 0.5) is 0 Å². The number of halogens is 2. The van der Waals surface area contributed by atoms with E-state index in [9.17, 15) is 0 Å². The molecule has 0 amide bonds. The molecule has 2 heterocycles. The van der Waals surface area contributed by atoms with Crippen molar-refractivity contribution in [2.75, 3.05) is 0 Å². The quantitative estimate of drug-likeness (QED) is 0.896. The van der Waals surface area contributed by atoms with Crippen LogP contribution in [0.15, 0.2) is 33.6 Å². The molecule has 0 spiro atoms. The van der Waals surface area contributed by atoms with Crippen LogP contribution in [0.5, 0.6) is 0 Å². The van der Waals surface area contributed by atoms with Gasteiger partial charge in [0, 0.05) is 22.9 Å². The van der Waals surface area contributed by atoms with Crippen LogP contribution in [0.1, 0.15) is 37.2 Å². The summed E-state index contributed by atoms with van der Waals surface area (Å²) in [7, 11) is 0. The standard InChI is InChI=1S/C12H14Br2N4/c1-7(2)18-12(10(14)6-17-18)11(15)8-3-9(13)5-16-4-8/h3-7,11H,15H2,1-2H3. The molecular weight excluding hydrogens is 360 g/mol. The number of nitrogens with two attached hydrogens (primary N) is 1. The average molecular weight is 374 g/mol. The van der Waals surface area contributed by atoms with Gasteiger partial charge in [0.05, 0.1) is 22.4 Å². The van der Waals surface area contributed by atoms with Gasteiger partial charge in [0.25, 0.3) is 0 Å². The molecule has 1 unspecified atom stereocenters. The second-order valence-electron chi connectivity index (χ2n) is 4.33. The van der Waals surface area contributed by atoms with Crippen molar-refractivity contribution >= 4 is 31.9 Å². The first-order valence-electron chi connectivity index (χ1n) is 5.59. The molecule has 2 aromatic rings. The predicted octanol–water partition coefficient (Wildman–Crippen LogP) is 3.43. The minimum Gasteiger partial charge on any atom is -0.319 e. The fourth-order valence-electron chi connectivity index (χ4n) is 1.81. The summed E-state index contributed by atoms with van der Waals surface area (Å²) in [4.78, 5) is 4.15. The highest BCUT2D eigenvalue weighted by molar-refractivity contribution is 9.10. The molecule has 6 heteroatoms. The molecule has 0 aliphatic rings. The molecule has 0 saturated heterocycles. The van der Waals surface area contributed by atoms with E-state index in [2.05, 4.69) is 55.8 Å². The van der Waals surface area contributed by atoms with Gasteiger partial charge in [0.2, 0.25) is 0 Å². The molecule has 2 N–H and O–H groups in total. The highest BCUT2D eigenvalue weighted by atomic mass is 79.9. The van der Waals surface area contributed by atoms with Gasteiger partial charge in [-0.1, -0.05) is 0 Å². The van der Waals surface area contributed by atoms with Crippen LogP contribution < -0.4 is 5.73 Å². The Bertz CT molecular complexity index is 551. The fourth-order valence-corrected chi connectivity index (χ4v) is 2.71. The first kappa shape index (κ1) is 13.7. The maximum absolute atomic E-state index is 6.32. The number of rotatable bonds is 3. The Labute approximate surface area is 123 Å². The van der Waals surface area contributed by atoms with E-state index in [1.54, 1.807) is 18.6 Å². The van der Waals surface area contributed by atoms with Gasteiger partial charge in [0.15, 0.2) is 0 Å². The molecule has 0 fully saturated rings. The Morgan fingerprint density at radius 2 is 1.94 bits per heavy atom. The molecular formula is C12H14Br2N4. The van der Waals surface area contributed by atoms with Crippen LogP contribution in [0.2, 0.25) is 0 Å². The SMILES string of the molecule is CC(C)n1ncc(Br)c1C(N)c1cncc(Br)c1. The van der Waals surface area contributed by atoms with Crippen molar-refractivity contribution in [3.8, 4) is 0 Å². The zero-order chi connectivity index (χ0) is 13.3. The lowest BCUT2D eigenvalue weighted by Gasteiger charge is -2.17. The third-order valence-electron chi connectivity index (χ3n) is 2.66. The Morgan fingerprint density at radius 1 is 1.22 bits per heavy atom. The minimum absolute atomic E-state index is 0.255. The van der Waals surface area contributed by atoms with Gasteiger partial charge in [-0.15, -0.1) is 0 Å². The Balaban J connectivity index is 2.45. The van der Waals surface area contributed by atoms with Gasteiger partial charge in [-0.2, -0.15) is 5.10 Å². The molecule has 18 heavy (non-hydrogen) atoms. The van der Waals surface area contributed by atoms with E-state index in [1.807, 2.05) is 10.7 Å². The molecule has 0 radical (unpaired) electrons. The third kappa shape index (κ3) is 2.65. The van der Waals surface area contributed by atoms with E-state index < -0.39 is 0 Å². The van der Waals surface area contributed by atoms with Gasteiger partial charge >= 0.3 is 0 Å². The van der Waals surface area contributed by atoms with Crippen molar-refractivity contribution < 1.29 is 0 Å². The summed E-state index contributed by atoms with van der Waals surface area (Å²) in [6.07, 6.45) is 5.30.